The molecule has 2 aromatic rings. The predicted molar refractivity (Wildman–Crippen MR) is 112 cm³/mol. The van der Waals surface area contributed by atoms with E-state index < -0.39 is 0 Å². The number of nitrogens with one attached hydrogen (secondary N) is 1. The van der Waals surface area contributed by atoms with E-state index in [2.05, 4.69) is 58.7 Å². The number of para-hydroxylation sites is 1. The average Bonchev–Trinajstić information content (AvgIpc) is 3.03. The molecule has 0 bridgehead atoms. The van der Waals surface area contributed by atoms with Crippen molar-refractivity contribution in [2.45, 2.75) is 26.4 Å². The number of hydrogen-bond donors (Lipinski definition) is 2. The Balaban J connectivity index is 0.00000169. The summed E-state index contributed by atoms with van der Waals surface area (Å²) >= 11 is 0. The summed E-state index contributed by atoms with van der Waals surface area (Å²) in [4.78, 5) is 14.2. The highest BCUT2D eigenvalue weighted by Gasteiger charge is 2.18. The van der Waals surface area contributed by atoms with Gasteiger partial charge in [-0.05, 0) is 29.2 Å². The molecule has 0 fully saturated rings. The molecule has 4 nitrogen and oxygen atoms in total. The minimum absolute atomic E-state index is 0. The lowest BCUT2D eigenvalue weighted by molar-refractivity contribution is -0.124. The number of benzene rings is 2. The highest BCUT2D eigenvalue weighted by molar-refractivity contribution is 5.85. The van der Waals surface area contributed by atoms with E-state index in [1.165, 1.54) is 16.8 Å². The molecule has 0 saturated heterocycles. The lowest BCUT2D eigenvalue weighted by Gasteiger charge is -2.19. The van der Waals surface area contributed by atoms with Gasteiger partial charge in [0.15, 0.2) is 0 Å². The van der Waals surface area contributed by atoms with Gasteiger partial charge in [-0.25, -0.2) is 0 Å². The van der Waals surface area contributed by atoms with Gasteiger partial charge >= 0.3 is 0 Å². The van der Waals surface area contributed by atoms with E-state index in [0.717, 1.165) is 25.1 Å². The first kappa shape index (κ1) is 22.3. The van der Waals surface area contributed by atoms with Crippen LogP contribution in [-0.4, -0.2) is 19.0 Å². The second-order valence-corrected chi connectivity index (χ2v) is 6.47. The van der Waals surface area contributed by atoms with Crippen molar-refractivity contribution in [1.29, 1.82) is 0 Å². The van der Waals surface area contributed by atoms with E-state index in [1.807, 2.05) is 6.92 Å². The summed E-state index contributed by atoms with van der Waals surface area (Å²) in [7, 11) is 0. The van der Waals surface area contributed by atoms with Crippen LogP contribution in [-0.2, 0) is 24.3 Å². The molecule has 3 rings (SSSR count). The molecular formula is C20H27Cl2N3O. The number of nitrogens with two attached hydrogens (primary N) is 1. The second kappa shape index (κ2) is 10.4. The number of rotatable bonds is 6. The molecule has 0 aliphatic carbocycles. The van der Waals surface area contributed by atoms with Crippen LogP contribution in [0.3, 0.4) is 0 Å². The van der Waals surface area contributed by atoms with Crippen LogP contribution >= 0.6 is 24.8 Å². The third-order valence-electron chi connectivity index (χ3n) is 4.65. The third-order valence-corrected chi connectivity index (χ3v) is 4.65. The summed E-state index contributed by atoms with van der Waals surface area (Å²) in [5, 5.41) is 2.93. The van der Waals surface area contributed by atoms with Crippen LogP contribution in [0.1, 0.15) is 23.6 Å². The highest BCUT2D eigenvalue weighted by atomic mass is 35.5. The SMILES string of the molecule is CC(CN)C(=O)NCc1ccc(CN2CCc3ccccc32)cc1.Cl.Cl. The van der Waals surface area contributed by atoms with Gasteiger partial charge in [0.25, 0.3) is 0 Å². The number of nitrogens with zero attached hydrogens (tertiary/aromatic N) is 1. The molecule has 6 heteroatoms. The molecule has 26 heavy (non-hydrogen) atoms. The van der Waals surface area contributed by atoms with Crippen molar-refractivity contribution >= 4 is 36.4 Å². The van der Waals surface area contributed by atoms with Gasteiger partial charge in [-0.1, -0.05) is 49.4 Å². The largest absolute Gasteiger partial charge is 0.367 e. The molecule has 1 aliphatic heterocycles. The standard InChI is InChI=1S/C20H25N3O.2ClH/c1-15(12-21)20(24)22-13-16-6-8-17(9-7-16)14-23-11-10-18-4-2-3-5-19(18)23;;/h2-9,15H,10-14,21H2,1H3,(H,22,24);2*1H. The smallest absolute Gasteiger partial charge is 0.224 e. The fraction of sp³-hybridized carbons (Fsp3) is 0.350. The molecule has 1 aliphatic rings. The lowest BCUT2D eigenvalue weighted by Crippen LogP contribution is -2.32. The Morgan fingerprint density at radius 1 is 1.12 bits per heavy atom. The maximum absolute atomic E-state index is 11.8. The Morgan fingerprint density at radius 2 is 1.77 bits per heavy atom. The van der Waals surface area contributed by atoms with Crippen LogP contribution in [0, 0.1) is 5.92 Å². The molecule has 1 unspecified atom stereocenters. The first-order valence-electron chi connectivity index (χ1n) is 8.56. The quantitative estimate of drug-likeness (QED) is 0.788. The van der Waals surface area contributed by atoms with Crippen LogP contribution < -0.4 is 16.0 Å². The van der Waals surface area contributed by atoms with Crippen molar-refractivity contribution in [3.63, 3.8) is 0 Å². The Bertz CT molecular complexity index is 706. The summed E-state index contributed by atoms with van der Waals surface area (Å²) in [5.74, 6) is -0.130. The lowest BCUT2D eigenvalue weighted by atomic mass is 10.1. The Morgan fingerprint density at radius 3 is 2.46 bits per heavy atom. The van der Waals surface area contributed by atoms with Gasteiger partial charge in [0.2, 0.25) is 5.91 Å². The Kier molecular flexibility index (Phi) is 8.93. The number of amides is 1. The van der Waals surface area contributed by atoms with Crippen LogP contribution in [0.2, 0.25) is 0 Å². The van der Waals surface area contributed by atoms with E-state index in [0.29, 0.717) is 13.1 Å². The number of halogens is 2. The average molecular weight is 396 g/mol. The van der Waals surface area contributed by atoms with Crippen molar-refractivity contribution < 1.29 is 4.79 Å². The number of fused-ring (bicyclic) bond motifs is 1. The zero-order valence-electron chi connectivity index (χ0n) is 15.0. The molecule has 0 spiro atoms. The van der Waals surface area contributed by atoms with Crippen LogP contribution in [0.4, 0.5) is 5.69 Å². The zero-order chi connectivity index (χ0) is 16.9. The third kappa shape index (κ3) is 5.37. The fourth-order valence-electron chi connectivity index (χ4n) is 3.02. The van der Waals surface area contributed by atoms with Crippen molar-refractivity contribution in [3.05, 3.63) is 65.2 Å². The van der Waals surface area contributed by atoms with E-state index >= 15 is 0 Å². The summed E-state index contributed by atoms with van der Waals surface area (Å²) in [5.41, 5.74) is 10.7. The van der Waals surface area contributed by atoms with Crippen LogP contribution in [0.15, 0.2) is 48.5 Å². The number of anilines is 1. The molecule has 0 radical (unpaired) electrons. The first-order valence-corrected chi connectivity index (χ1v) is 8.56. The maximum Gasteiger partial charge on any atom is 0.224 e. The number of carbonyl (C=O) groups is 1. The molecule has 1 amide bonds. The Hall–Kier alpha value is -1.75. The van der Waals surface area contributed by atoms with E-state index in [-0.39, 0.29) is 36.6 Å². The van der Waals surface area contributed by atoms with Crippen LogP contribution in [0.5, 0.6) is 0 Å². The van der Waals surface area contributed by atoms with Crippen molar-refractivity contribution in [2.24, 2.45) is 11.7 Å². The van der Waals surface area contributed by atoms with Crippen molar-refractivity contribution in [3.8, 4) is 0 Å². The maximum atomic E-state index is 11.8. The van der Waals surface area contributed by atoms with Gasteiger partial charge in [-0.3, -0.25) is 4.79 Å². The minimum Gasteiger partial charge on any atom is -0.367 e. The van der Waals surface area contributed by atoms with Gasteiger partial charge < -0.3 is 16.0 Å². The predicted octanol–water partition coefficient (Wildman–Crippen LogP) is 3.30. The summed E-state index contributed by atoms with van der Waals surface area (Å²) in [6.45, 7) is 4.77. The number of hydrogen-bond acceptors (Lipinski definition) is 3. The Labute approximate surface area is 168 Å². The molecule has 0 saturated carbocycles. The van der Waals surface area contributed by atoms with Gasteiger partial charge in [0, 0.05) is 37.8 Å². The summed E-state index contributed by atoms with van der Waals surface area (Å²) in [6, 6.07) is 17.1. The van der Waals surface area contributed by atoms with Gasteiger partial charge in [0.1, 0.15) is 0 Å². The van der Waals surface area contributed by atoms with Crippen molar-refractivity contribution in [1.82, 2.24) is 5.32 Å². The molecule has 142 valence electrons. The molecular weight excluding hydrogens is 369 g/mol. The molecule has 2 aromatic carbocycles. The summed E-state index contributed by atoms with van der Waals surface area (Å²) in [6.07, 6.45) is 1.12. The topological polar surface area (TPSA) is 58.4 Å². The fourth-order valence-corrected chi connectivity index (χ4v) is 3.02. The van der Waals surface area contributed by atoms with E-state index in [1.54, 1.807) is 0 Å². The summed E-state index contributed by atoms with van der Waals surface area (Å²) < 4.78 is 0. The molecule has 1 atom stereocenters. The molecule has 0 aromatic heterocycles. The first-order chi connectivity index (χ1) is 11.7. The molecule has 3 N–H and O–H groups in total. The van der Waals surface area contributed by atoms with Crippen LogP contribution in [0.25, 0.3) is 0 Å². The second-order valence-electron chi connectivity index (χ2n) is 6.47. The van der Waals surface area contributed by atoms with E-state index in [4.69, 9.17) is 5.73 Å². The van der Waals surface area contributed by atoms with E-state index in [9.17, 15) is 4.79 Å². The number of carbonyl (C=O) groups excluding carboxylic acids is 1. The van der Waals surface area contributed by atoms with Gasteiger partial charge in [0.05, 0.1) is 0 Å². The minimum atomic E-state index is -0.139. The zero-order valence-corrected chi connectivity index (χ0v) is 16.6. The van der Waals surface area contributed by atoms with Crippen molar-refractivity contribution in [2.75, 3.05) is 18.0 Å². The highest BCUT2D eigenvalue weighted by Crippen LogP contribution is 2.28. The van der Waals surface area contributed by atoms with Gasteiger partial charge in [-0.15, -0.1) is 24.8 Å². The monoisotopic (exact) mass is 395 g/mol. The van der Waals surface area contributed by atoms with Gasteiger partial charge in [-0.2, -0.15) is 0 Å². The molecule has 1 heterocycles. The normalized spacial score (nSPS) is 13.2.